The molecule has 2 unspecified atom stereocenters. The highest BCUT2D eigenvalue weighted by atomic mass is 32.2. The zero-order chi connectivity index (χ0) is 15.9. The fraction of sp³-hybridized carbons (Fsp3) is 0.500. The van der Waals surface area contributed by atoms with E-state index in [1.54, 1.807) is 19.1 Å². The van der Waals surface area contributed by atoms with E-state index in [2.05, 4.69) is 4.72 Å². The molecule has 2 aliphatic rings. The lowest BCUT2D eigenvalue weighted by atomic mass is 10.0. The van der Waals surface area contributed by atoms with E-state index >= 15 is 0 Å². The van der Waals surface area contributed by atoms with Gasteiger partial charge in [-0.3, -0.25) is 4.79 Å². The van der Waals surface area contributed by atoms with Crippen molar-refractivity contribution in [2.75, 3.05) is 0 Å². The number of nitrogens with one attached hydrogen (secondary N) is 1. The summed E-state index contributed by atoms with van der Waals surface area (Å²) in [6, 6.07) is 6.37. The Kier molecular flexibility index (Phi) is 3.69. The Morgan fingerprint density at radius 2 is 1.91 bits per heavy atom. The average molecular weight is 318 g/mol. The molecule has 5 nitrogen and oxygen atoms in total. The van der Waals surface area contributed by atoms with E-state index in [0.717, 1.165) is 25.7 Å². The van der Waals surface area contributed by atoms with Crippen LogP contribution in [0.5, 0.6) is 0 Å². The van der Waals surface area contributed by atoms with Gasteiger partial charge in [-0.25, -0.2) is 13.1 Å². The number of amides is 1. The second-order valence-corrected chi connectivity index (χ2v) is 7.85. The molecular formula is C16H18N2O3S. The zero-order valence-electron chi connectivity index (χ0n) is 12.4. The minimum absolute atomic E-state index is 0.00326. The third kappa shape index (κ3) is 2.61. The molecule has 1 N–H and O–H groups in total. The van der Waals surface area contributed by atoms with Crippen LogP contribution in [0, 0.1) is 36.0 Å². The fourth-order valence-corrected chi connectivity index (χ4v) is 4.88. The molecule has 22 heavy (non-hydrogen) atoms. The van der Waals surface area contributed by atoms with Crippen LogP contribution in [0.1, 0.15) is 36.8 Å². The molecule has 0 spiro atoms. The van der Waals surface area contributed by atoms with Gasteiger partial charge in [-0.15, -0.1) is 0 Å². The second kappa shape index (κ2) is 5.40. The maximum Gasteiger partial charge on any atom is 0.264 e. The molecule has 1 aromatic carbocycles. The Balaban J connectivity index is 1.79. The van der Waals surface area contributed by atoms with Crippen molar-refractivity contribution in [1.29, 1.82) is 5.26 Å². The van der Waals surface area contributed by atoms with Crippen molar-refractivity contribution in [3.63, 3.8) is 0 Å². The Morgan fingerprint density at radius 3 is 2.50 bits per heavy atom. The number of fused-ring (bicyclic) bond motifs is 1. The summed E-state index contributed by atoms with van der Waals surface area (Å²) < 4.78 is 27.1. The molecule has 0 saturated heterocycles. The minimum atomic E-state index is -3.92. The Labute approximate surface area is 130 Å². The number of hydrogen-bond donors (Lipinski definition) is 1. The monoisotopic (exact) mass is 318 g/mol. The van der Waals surface area contributed by atoms with E-state index in [1.165, 1.54) is 6.07 Å². The van der Waals surface area contributed by atoms with Crippen LogP contribution < -0.4 is 4.72 Å². The fourth-order valence-electron chi connectivity index (χ4n) is 3.60. The SMILES string of the molecule is Cc1ccc(C#N)cc1S(=O)(=O)NC(=O)C1C2CCCCC21. The first-order valence-corrected chi connectivity index (χ1v) is 9.00. The zero-order valence-corrected chi connectivity index (χ0v) is 13.2. The molecular weight excluding hydrogens is 300 g/mol. The summed E-state index contributed by atoms with van der Waals surface area (Å²) >= 11 is 0. The smallest absolute Gasteiger partial charge is 0.264 e. The summed E-state index contributed by atoms with van der Waals surface area (Å²) in [6.45, 7) is 1.65. The molecule has 0 aliphatic heterocycles. The largest absolute Gasteiger partial charge is 0.274 e. The van der Waals surface area contributed by atoms with Gasteiger partial charge in [0.05, 0.1) is 16.5 Å². The molecule has 1 aromatic rings. The van der Waals surface area contributed by atoms with Gasteiger partial charge in [0.1, 0.15) is 0 Å². The normalized spacial score (nSPS) is 26.6. The maximum atomic E-state index is 12.4. The van der Waals surface area contributed by atoms with Crippen LogP contribution in [0.25, 0.3) is 0 Å². The number of rotatable bonds is 3. The predicted molar refractivity (Wildman–Crippen MR) is 80.2 cm³/mol. The van der Waals surface area contributed by atoms with E-state index in [-0.39, 0.29) is 16.4 Å². The van der Waals surface area contributed by atoms with Crippen molar-refractivity contribution >= 4 is 15.9 Å². The molecule has 0 bridgehead atoms. The van der Waals surface area contributed by atoms with Gasteiger partial charge in [-0.05, 0) is 49.3 Å². The lowest BCUT2D eigenvalue weighted by molar-refractivity contribution is -0.121. The second-order valence-electron chi connectivity index (χ2n) is 6.20. The Hall–Kier alpha value is -1.87. The van der Waals surface area contributed by atoms with Crippen LogP contribution in [0.4, 0.5) is 0 Å². The van der Waals surface area contributed by atoms with E-state index in [1.807, 2.05) is 6.07 Å². The number of hydrogen-bond acceptors (Lipinski definition) is 4. The van der Waals surface area contributed by atoms with Crippen LogP contribution in [0.2, 0.25) is 0 Å². The first-order chi connectivity index (χ1) is 10.4. The van der Waals surface area contributed by atoms with Gasteiger partial charge in [-0.1, -0.05) is 18.9 Å². The summed E-state index contributed by atoms with van der Waals surface area (Å²) in [6.07, 6.45) is 4.29. The van der Waals surface area contributed by atoms with E-state index in [9.17, 15) is 13.2 Å². The number of carbonyl (C=O) groups excluding carboxylic acids is 1. The van der Waals surface area contributed by atoms with E-state index < -0.39 is 15.9 Å². The van der Waals surface area contributed by atoms with Crippen LogP contribution in [0.15, 0.2) is 23.1 Å². The predicted octanol–water partition coefficient (Wildman–Crippen LogP) is 2.11. The van der Waals surface area contributed by atoms with Gasteiger partial charge in [0.15, 0.2) is 0 Å². The first-order valence-electron chi connectivity index (χ1n) is 7.51. The molecule has 3 rings (SSSR count). The Bertz CT molecular complexity index is 752. The van der Waals surface area contributed by atoms with Crippen molar-refractivity contribution in [3.05, 3.63) is 29.3 Å². The van der Waals surface area contributed by atoms with Gasteiger partial charge >= 0.3 is 0 Å². The Morgan fingerprint density at radius 1 is 1.27 bits per heavy atom. The van der Waals surface area contributed by atoms with Gasteiger partial charge in [0.25, 0.3) is 10.0 Å². The highest BCUT2D eigenvalue weighted by Gasteiger charge is 2.55. The maximum absolute atomic E-state index is 12.4. The highest BCUT2D eigenvalue weighted by molar-refractivity contribution is 7.90. The summed E-state index contributed by atoms with van der Waals surface area (Å²) in [5.74, 6) is 0.168. The molecule has 0 heterocycles. The molecule has 116 valence electrons. The summed E-state index contributed by atoms with van der Waals surface area (Å²) in [7, 11) is -3.92. The van der Waals surface area contributed by atoms with Crippen molar-refractivity contribution in [3.8, 4) is 6.07 Å². The molecule has 1 amide bonds. The molecule has 2 fully saturated rings. The topological polar surface area (TPSA) is 87.0 Å². The average Bonchev–Trinajstić information content (AvgIpc) is 3.21. The quantitative estimate of drug-likeness (QED) is 0.924. The summed E-state index contributed by atoms with van der Waals surface area (Å²) in [5, 5.41) is 8.91. The molecule has 0 aromatic heterocycles. The molecule has 2 saturated carbocycles. The minimum Gasteiger partial charge on any atom is -0.274 e. The number of sulfonamides is 1. The standard InChI is InChI=1S/C16H18N2O3S/c1-10-6-7-11(9-17)8-14(10)22(20,21)18-16(19)15-12-4-2-3-5-13(12)15/h6-8,12-13,15H,2-5H2,1H3,(H,18,19). The van der Waals surface area contributed by atoms with Gasteiger partial charge in [0, 0.05) is 5.92 Å². The van der Waals surface area contributed by atoms with Crippen LogP contribution in [0.3, 0.4) is 0 Å². The molecule has 2 atom stereocenters. The molecule has 6 heteroatoms. The van der Waals surface area contributed by atoms with Crippen LogP contribution >= 0.6 is 0 Å². The number of nitriles is 1. The lowest BCUT2D eigenvalue weighted by Gasteiger charge is -2.09. The van der Waals surface area contributed by atoms with Crippen LogP contribution in [-0.2, 0) is 14.8 Å². The number of aryl methyl sites for hydroxylation is 1. The number of nitrogens with zero attached hydrogens (tertiary/aromatic N) is 1. The number of carbonyl (C=O) groups is 1. The third-order valence-electron chi connectivity index (χ3n) is 4.80. The third-order valence-corrected chi connectivity index (χ3v) is 6.29. The van der Waals surface area contributed by atoms with E-state index in [0.29, 0.717) is 17.4 Å². The van der Waals surface area contributed by atoms with Gasteiger partial charge < -0.3 is 0 Å². The number of benzene rings is 1. The molecule has 2 aliphatic carbocycles. The van der Waals surface area contributed by atoms with Gasteiger partial charge in [0.2, 0.25) is 5.91 Å². The van der Waals surface area contributed by atoms with Crippen molar-refractivity contribution < 1.29 is 13.2 Å². The van der Waals surface area contributed by atoms with E-state index in [4.69, 9.17) is 5.26 Å². The van der Waals surface area contributed by atoms with Gasteiger partial charge in [-0.2, -0.15) is 5.26 Å². The summed E-state index contributed by atoms with van der Waals surface area (Å²) in [5.41, 5.74) is 0.783. The van der Waals surface area contributed by atoms with Crippen molar-refractivity contribution in [2.24, 2.45) is 17.8 Å². The summed E-state index contributed by atoms with van der Waals surface area (Å²) in [4.78, 5) is 12.3. The highest BCUT2D eigenvalue weighted by Crippen LogP contribution is 2.55. The van der Waals surface area contributed by atoms with Crippen LogP contribution in [-0.4, -0.2) is 14.3 Å². The molecule has 0 radical (unpaired) electrons. The van der Waals surface area contributed by atoms with Crippen molar-refractivity contribution in [2.45, 2.75) is 37.5 Å². The van der Waals surface area contributed by atoms with Crippen molar-refractivity contribution in [1.82, 2.24) is 4.72 Å². The first kappa shape index (κ1) is 15.0. The lowest BCUT2D eigenvalue weighted by Crippen LogP contribution is -2.33.